The summed E-state index contributed by atoms with van der Waals surface area (Å²) in [6.45, 7) is 3.88. The second-order valence-electron chi connectivity index (χ2n) is 4.72. The van der Waals surface area contributed by atoms with Crippen molar-refractivity contribution in [1.82, 2.24) is 0 Å². The fraction of sp³-hybridized carbons (Fsp3) is 0.333. The molecule has 0 radical (unpaired) electrons. The topological polar surface area (TPSA) is 46.6 Å². The van der Waals surface area contributed by atoms with Gasteiger partial charge >= 0.3 is 6.09 Å². The summed E-state index contributed by atoms with van der Waals surface area (Å²) in [6, 6.07) is 7.59. The van der Waals surface area contributed by atoms with Crippen LogP contribution in [0.25, 0.3) is 6.08 Å². The zero-order chi connectivity index (χ0) is 13.9. The Morgan fingerprint density at radius 1 is 1.47 bits per heavy atom. The van der Waals surface area contributed by atoms with Gasteiger partial charge in [-0.25, -0.2) is 4.79 Å². The number of ether oxygens (including phenoxy) is 1. The van der Waals surface area contributed by atoms with Gasteiger partial charge in [0.15, 0.2) is 11.9 Å². The van der Waals surface area contributed by atoms with E-state index >= 15 is 0 Å². The van der Waals surface area contributed by atoms with Crippen molar-refractivity contribution in [2.75, 3.05) is 11.4 Å². The van der Waals surface area contributed by atoms with Gasteiger partial charge in [-0.3, -0.25) is 9.69 Å². The lowest BCUT2D eigenvalue weighted by Crippen LogP contribution is -2.41. The Bertz CT molecular complexity index is 524. The largest absolute Gasteiger partial charge is 0.435 e. The normalized spacial score (nSPS) is 16.4. The second-order valence-corrected chi connectivity index (χ2v) is 4.72. The van der Waals surface area contributed by atoms with E-state index in [0.717, 1.165) is 11.3 Å². The number of carbonyl (C=O) groups is 2. The van der Waals surface area contributed by atoms with Crippen molar-refractivity contribution in [3.8, 4) is 0 Å². The molecule has 1 unspecified atom stereocenters. The lowest BCUT2D eigenvalue weighted by atomic mass is 10.1. The maximum atomic E-state index is 12.2. The van der Waals surface area contributed by atoms with Crippen LogP contribution in [0.1, 0.15) is 25.8 Å². The van der Waals surface area contributed by atoms with Crippen LogP contribution in [-0.2, 0) is 9.53 Å². The number of fused-ring (bicyclic) bond motifs is 1. The number of benzene rings is 1. The molecule has 1 amide bonds. The minimum atomic E-state index is -1.06. The molecule has 19 heavy (non-hydrogen) atoms. The fourth-order valence-electron chi connectivity index (χ4n) is 1.86. The molecule has 2 rings (SSSR count). The Morgan fingerprint density at radius 3 is 2.89 bits per heavy atom. The first-order valence-corrected chi connectivity index (χ1v) is 6.32. The first kappa shape index (κ1) is 13.3. The third kappa shape index (κ3) is 2.67. The maximum Gasteiger partial charge on any atom is 0.415 e. The Kier molecular flexibility index (Phi) is 3.69. The standard InChI is InChI=1S/C15H17NO3/c1-3-15(2,11-17)19-14(18)16-10-6-8-12-7-4-5-9-13(12)16/h4-9,11H,3,10H2,1-2H3. The quantitative estimate of drug-likeness (QED) is 0.784. The molecule has 100 valence electrons. The average molecular weight is 259 g/mol. The van der Waals surface area contributed by atoms with Crippen molar-refractivity contribution in [3.05, 3.63) is 35.9 Å². The molecule has 4 nitrogen and oxygen atoms in total. The zero-order valence-electron chi connectivity index (χ0n) is 11.1. The van der Waals surface area contributed by atoms with Crippen molar-refractivity contribution in [2.45, 2.75) is 25.9 Å². The second kappa shape index (κ2) is 5.26. The predicted molar refractivity (Wildman–Crippen MR) is 74.1 cm³/mol. The number of rotatable bonds is 3. The fourth-order valence-corrected chi connectivity index (χ4v) is 1.86. The highest BCUT2D eigenvalue weighted by Crippen LogP contribution is 2.27. The lowest BCUT2D eigenvalue weighted by Gasteiger charge is -2.29. The van der Waals surface area contributed by atoms with Gasteiger partial charge < -0.3 is 4.74 Å². The molecule has 0 saturated heterocycles. The van der Waals surface area contributed by atoms with Gasteiger partial charge in [-0.2, -0.15) is 0 Å². The van der Waals surface area contributed by atoms with E-state index in [2.05, 4.69) is 0 Å². The third-order valence-corrected chi connectivity index (χ3v) is 3.31. The van der Waals surface area contributed by atoms with E-state index in [0.29, 0.717) is 19.3 Å². The molecule has 1 atom stereocenters. The molecule has 1 aliphatic rings. The molecule has 0 spiro atoms. The van der Waals surface area contributed by atoms with Crippen LogP contribution in [0.15, 0.2) is 30.3 Å². The van der Waals surface area contributed by atoms with Gasteiger partial charge in [-0.15, -0.1) is 0 Å². The van der Waals surface area contributed by atoms with Gasteiger partial charge in [0, 0.05) is 6.54 Å². The Morgan fingerprint density at radius 2 is 2.21 bits per heavy atom. The summed E-state index contributed by atoms with van der Waals surface area (Å²) in [5, 5.41) is 0. The van der Waals surface area contributed by atoms with E-state index in [1.165, 1.54) is 4.90 Å². The molecule has 0 bridgehead atoms. The Balaban J connectivity index is 2.22. The summed E-state index contributed by atoms with van der Waals surface area (Å²) in [5.74, 6) is 0. The highest BCUT2D eigenvalue weighted by Gasteiger charge is 2.30. The van der Waals surface area contributed by atoms with Gasteiger partial charge in [0.05, 0.1) is 5.69 Å². The number of aldehydes is 1. The average Bonchev–Trinajstić information content (AvgIpc) is 2.46. The molecular formula is C15H17NO3. The molecule has 4 heteroatoms. The molecule has 0 fully saturated rings. The van der Waals surface area contributed by atoms with Crippen molar-refractivity contribution >= 4 is 24.1 Å². The molecule has 1 aromatic carbocycles. The number of nitrogens with zero attached hydrogens (tertiary/aromatic N) is 1. The predicted octanol–water partition coefficient (Wildman–Crippen LogP) is 3.02. The Labute approximate surface area is 112 Å². The van der Waals surface area contributed by atoms with E-state index in [1.807, 2.05) is 43.3 Å². The molecule has 0 aromatic heterocycles. The first-order valence-electron chi connectivity index (χ1n) is 6.32. The molecule has 1 heterocycles. The number of anilines is 1. The van der Waals surface area contributed by atoms with E-state index in [1.54, 1.807) is 6.92 Å². The minimum absolute atomic E-state index is 0.452. The summed E-state index contributed by atoms with van der Waals surface area (Å²) in [7, 11) is 0. The van der Waals surface area contributed by atoms with E-state index in [-0.39, 0.29) is 0 Å². The summed E-state index contributed by atoms with van der Waals surface area (Å²) in [4.78, 5) is 24.8. The maximum absolute atomic E-state index is 12.2. The van der Waals surface area contributed by atoms with Crippen molar-refractivity contribution in [3.63, 3.8) is 0 Å². The van der Waals surface area contributed by atoms with Crippen LogP contribution in [0.3, 0.4) is 0 Å². The van der Waals surface area contributed by atoms with Crippen LogP contribution in [0.4, 0.5) is 10.5 Å². The number of carbonyl (C=O) groups excluding carboxylic acids is 2. The summed E-state index contributed by atoms with van der Waals surface area (Å²) in [5.41, 5.74) is 0.710. The van der Waals surface area contributed by atoms with E-state index in [9.17, 15) is 9.59 Å². The molecular weight excluding hydrogens is 242 g/mol. The highest BCUT2D eigenvalue weighted by atomic mass is 16.6. The van der Waals surface area contributed by atoms with Crippen LogP contribution < -0.4 is 4.90 Å². The number of para-hydroxylation sites is 1. The van der Waals surface area contributed by atoms with Gasteiger partial charge in [0.25, 0.3) is 0 Å². The number of hydrogen-bond donors (Lipinski definition) is 0. The molecule has 0 N–H and O–H groups in total. The van der Waals surface area contributed by atoms with Crippen molar-refractivity contribution in [1.29, 1.82) is 0 Å². The number of amides is 1. The summed E-state index contributed by atoms with van der Waals surface area (Å²) in [6.07, 6.45) is 4.50. The van der Waals surface area contributed by atoms with Gasteiger partial charge in [-0.05, 0) is 25.0 Å². The molecule has 0 aliphatic carbocycles. The van der Waals surface area contributed by atoms with Crippen LogP contribution in [0, 0.1) is 0 Å². The smallest absolute Gasteiger partial charge is 0.415 e. The summed E-state index contributed by atoms with van der Waals surface area (Å²) < 4.78 is 5.32. The monoisotopic (exact) mass is 259 g/mol. The highest BCUT2D eigenvalue weighted by molar-refractivity contribution is 5.93. The SMILES string of the molecule is CCC(C)(C=O)OC(=O)N1CC=Cc2ccccc21. The van der Waals surface area contributed by atoms with Crippen molar-refractivity contribution < 1.29 is 14.3 Å². The van der Waals surface area contributed by atoms with Crippen LogP contribution >= 0.6 is 0 Å². The minimum Gasteiger partial charge on any atom is -0.435 e. The third-order valence-electron chi connectivity index (χ3n) is 3.31. The van der Waals surface area contributed by atoms with Gasteiger partial charge in [0.1, 0.15) is 0 Å². The van der Waals surface area contributed by atoms with Gasteiger partial charge in [-0.1, -0.05) is 37.3 Å². The molecule has 0 saturated carbocycles. The summed E-state index contributed by atoms with van der Waals surface area (Å²) >= 11 is 0. The van der Waals surface area contributed by atoms with E-state index in [4.69, 9.17) is 4.74 Å². The lowest BCUT2D eigenvalue weighted by molar-refractivity contribution is -0.122. The van der Waals surface area contributed by atoms with Crippen molar-refractivity contribution in [2.24, 2.45) is 0 Å². The van der Waals surface area contributed by atoms with Crippen LogP contribution in [-0.4, -0.2) is 24.5 Å². The number of hydrogen-bond acceptors (Lipinski definition) is 3. The zero-order valence-corrected chi connectivity index (χ0v) is 11.1. The Hall–Kier alpha value is -2.10. The van der Waals surface area contributed by atoms with E-state index < -0.39 is 11.7 Å². The molecule has 1 aromatic rings. The molecule has 1 aliphatic heterocycles. The first-order chi connectivity index (χ1) is 9.09. The van der Waals surface area contributed by atoms with Crippen LogP contribution in [0.5, 0.6) is 0 Å². The van der Waals surface area contributed by atoms with Gasteiger partial charge in [0.2, 0.25) is 0 Å². The van der Waals surface area contributed by atoms with Crippen LogP contribution in [0.2, 0.25) is 0 Å².